The smallest absolute Gasteiger partial charge is 0.239 e. The van der Waals surface area contributed by atoms with Crippen molar-refractivity contribution < 1.29 is 14.3 Å². The van der Waals surface area contributed by atoms with E-state index in [9.17, 15) is 4.79 Å². The second kappa shape index (κ2) is 7.35. The van der Waals surface area contributed by atoms with Gasteiger partial charge >= 0.3 is 0 Å². The number of nitrogens with one attached hydrogen (secondary N) is 3. The SMILES string of the molecule is CC(NC(=O)C1CC(c2ccccc2)NN1)c1ccc2c(c1)OCCO2. The molecule has 2 aromatic carbocycles. The van der Waals surface area contributed by atoms with Crippen molar-refractivity contribution >= 4 is 5.91 Å². The minimum Gasteiger partial charge on any atom is -0.486 e. The van der Waals surface area contributed by atoms with Crippen molar-refractivity contribution in [3.05, 3.63) is 59.7 Å². The van der Waals surface area contributed by atoms with Gasteiger partial charge in [0.2, 0.25) is 5.91 Å². The molecule has 3 atom stereocenters. The summed E-state index contributed by atoms with van der Waals surface area (Å²) in [6.45, 7) is 3.09. The Labute approximate surface area is 152 Å². The zero-order valence-electron chi connectivity index (χ0n) is 14.7. The van der Waals surface area contributed by atoms with Crippen molar-refractivity contribution in [1.29, 1.82) is 0 Å². The fourth-order valence-electron chi connectivity index (χ4n) is 3.36. The lowest BCUT2D eigenvalue weighted by molar-refractivity contribution is -0.123. The number of carbonyl (C=O) groups is 1. The third-order valence-electron chi connectivity index (χ3n) is 4.85. The van der Waals surface area contributed by atoms with Gasteiger partial charge in [0.25, 0.3) is 0 Å². The average molecular weight is 353 g/mol. The van der Waals surface area contributed by atoms with Crippen molar-refractivity contribution in [1.82, 2.24) is 16.2 Å². The van der Waals surface area contributed by atoms with Crippen molar-refractivity contribution in [2.45, 2.75) is 31.5 Å². The molecule has 4 rings (SSSR count). The Hall–Kier alpha value is -2.57. The summed E-state index contributed by atoms with van der Waals surface area (Å²) in [5.41, 5.74) is 8.49. The highest BCUT2D eigenvalue weighted by Crippen LogP contribution is 2.32. The molecule has 1 fully saturated rings. The number of rotatable bonds is 4. The summed E-state index contributed by atoms with van der Waals surface area (Å²) in [5.74, 6) is 1.48. The fraction of sp³-hybridized carbons (Fsp3) is 0.350. The van der Waals surface area contributed by atoms with Crippen LogP contribution in [-0.2, 0) is 4.79 Å². The summed E-state index contributed by atoms with van der Waals surface area (Å²) < 4.78 is 11.2. The van der Waals surface area contributed by atoms with Gasteiger partial charge in [-0.3, -0.25) is 4.79 Å². The number of hydrazine groups is 1. The highest BCUT2D eigenvalue weighted by Gasteiger charge is 2.30. The van der Waals surface area contributed by atoms with Crippen LogP contribution < -0.4 is 25.6 Å². The standard InChI is InChI=1S/C20H23N3O3/c1-13(15-7-8-18-19(11-15)26-10-9-25-18)21-20(24)17-12-16(22-23-17)14-5-3-2-4-6-14/h2-8,11,13,16-17,22-23H,9-10,12H2,1H3,(H,21,24). The van der Waals surface area contributed by atoms with Gasteiger partial charge in [0.15, 0.2) is 11.5 Å². The molecule has 6 heteroatoms. The van der Waals surface area contributed by atoms with Gasteiger partial charge in [-0.1, -0.05) is 36.4 Å². The van der Waals surface area contributed by atoms with E-state index in [1.165, 1.54) is 5.56 Å². The molecule has 0 bridgehead atoms. The van der Waals surface area contributed by atoms with E-state index in [0.717, 1.165) is 17.1 Å². The van der Waals surface area contributed by atoms with Crippen LogP contribution in [-0.4, -0.2) is 25.2 Å². The van der Waals surface area contributed by atoms with E-state index < -0.39 is 0 Å². The first-order chi connectivity index (χ1) is 12.7. The minimum absolute atomic E-state index is 0.0154. The van der Waals surface area contributed by atoms with E-state index in [0.29, 0.717) is 19.6 Å². The topological polar surface area (TPSA) is 71.6 Å². The molecule has 0 aliphatic carbocycles. The maximum atomic E-state index is 12.6. The summed E-state index contributed by atoms with van der Waals surface area (Å²) in [7, 11) is 0. The number of hydrogen-bond acceptors (Lipinski definition) is 5. The maximum Gasteiger partial charge on any atom is 0.239 e. The quantitative estimate of drug-likeness (QED) is 0.786. The van der Waals surface area contributed by atoms with Gasteiger partial charge in [-0.05, 0) is 36.6 Å². The van der Waals surface area contributed by atoms with Crippen molar-refractivity contribution in [2.75, 3.05) is 13.2 Å². The second-order valence-electron chi connectivity index (χ2n) is 6.67. The first-order valence-electron chi connectivity index (χ1n) is 8.96. The molecule has 2 aliphatic rings. The molecule has 2 heterocycles. The van der Waals surface area contributed by atoms with Gasteiger partial charge in [-0.15, -0.1) is 0 Å². The molecule has 3 unspecified atom stereocenters. The lowest BCUT2D eigenvalue weighted by atomic mass is 10.0. The van der Waals surface area contributed by atoms with Crippen LogP contribution in [0.2, 0.25) is 0 Å². The largest absolute Gasteiger partial charge is 0.486 e. The summed E-state index contributed by atoms with van der Waals surface area (Å²) in [5, 5.41) is 3.08. The second-order valence-corrected chi connectivity index (χ2v) is 6.67. The molecule has 0 spiro atoms. The average Bonchev–Trinajstić information content (AvgIpc) is 3.18. The van der Waals surface area contributed by atoms with E-state index in [1.807, 2.05) is 43.3 Å². The maximum absolute atomic E-state index is 12.6. The van der Waals surface area contributed by atoms with Crippen LogP contribution in [0.5, 0.6) is 11.5 Å². The van der Waals surface area contributed by atoms with Crippen LogP contribution >= 0.6 is 0 Å². The van der Waals surface area contributed by atoms with E-state index >= 15 is 0 Å². The summed E-state index contributed by atoms with van der Waals surface area (Å²) in [4.78, 5) is 12.6. The van der Waals surface area contributed by atoms with Crippen LogP contribution in [0.25, 0.3) is 0 Å². The predicted molar refractivity (Wildman–Crippen MR) is 97.8 cm³/mol. The van der Waals surface area contributed by atoms with Crippen molar-refractivity contribution in [2.24, 2.45) is 0 Å². The molecule has 1 amide bonds. The zero-order valence-corrected chi connectivity index (χ0v) is 14.7. The molecule has 3 N–H and O–H groups in total. The molecule has 2 aromatic rings. The molecule has 6 nitrogen and oxygen atoms in total. The van der Waals surface area contributed by atoms with Crippen LogP contribution in [0.4, 0.5) is 0 Å². The van der Waals surface area contributed by atoms with Crippen molar-refractivity contribution in [3.8, 4) is 11.5 Å². The number of hydrogen-bond donors (Lipinski definition) is 3. The van der Waals surface area contributed by atoms with Crippen LogP contribution in [0.15, 0.2) is 48.5 Å². The highest BCUT2D eigenvalue weighted by atomic mass is 16.6. The Morgan fingerprint density at radius 2 is 1.85 bits per heavy atom. The molecule has 0 radical (unpaired) electrons. The van der Waals surface area contributed by atoms with E-state index in [4.69, 9.17) is 9.47 Å². The van der Waals surface area contributed by atoms with Crippen LogP contribution in [0.1, 0.15) is 36.6 Å². The van der Waals surface area contributed by atoms with Gasteiger partial charge in [0.1, 0.15) is 19.3 Å². The molecular formula is C20H23N3O3. The molecular weight excluding hydrogens is 330 g/mol. The number of benzene rings is 2. The summed E-state index contributed by atoms with van der Waals surface area (Å²) in [6.07, 6.45) is 0.712. The minimum atomic E-state index is -0.264. The van der Waals surface area contributed by atoms with E-state index in [1.54, 1.807) is 0 Å². The Balaban J connectivity index is 1.37. The summed E-state index contributed by atoms with van der Waals surface area (Å²) >= 11 is 0. The zero-order chi connectivity index (χ0) is 17.9. The number of amides is 1. The summed E-state index contributed by atoms with van der Waals surface area (Å²) in [6, 6.07) is 15.7. The normalized spacial score (nSPS) is 22.7. The van der Waals surface area contributed by atoms with Gasteiger partial charge < -0.3 is 14.8 Å². The fourth-order valence-corrected chi connectivity index (χ4v) is 3.36. The first kappa shape index (κ1) is 16.9. The van der Waals surface area contributed by atoms with Gasteiger partial charge in [0, 0.05) is 6.04 Å². The van der Waals surface area contributed by atoms with Gasteiger partial charge in [-0.2, -0.15) is 0 Å². The molecule has 2 aliphatic heterocycles. The molecule has 136 valence electrons. The van der Waals surface area contributed by atoms with Crippen LogP contribution in [0.3, 0.4) is 0 Å². The van der Waals surface area contributed by atoms with Crippen molar-refractivity contribution in [3.63, 3.8) is 0 Å². The Morgan fingerprint density at radius 3 is 2.65 bits per heavy atom. The Kier molecular flexibility index (Phi) is 4.77. The van der Waals surface area contributed by atoms with E-state index in [-0.39, 0.29) is 24.0 Å². The Morgan fingerprint density at radius 1 is 1.08 bits per heavy atom. The number of ether oxygens (including phenoxy) is 2. The first-order valence-corrected chi connectivity index (χ1v) is 8.96. The molecule has 0 aromatic heterocycles. The monoisotopic (exact) mass is 353 g/mol. The highest BCUT2D eigenvalue weighted by molar-refractivity contribution is 5.82. The third-order valence-corrected chi connectivity index (χ3v) is 4.85. The molecule has 1 saturated heterocycles. The molecule has 26 heavy (non-hydrogen) atoms. The van der Waals surface area contributed by atoms with E-state index in [2.05, 4.69) is 28.3 Å². The van der Waals surface area contributed by atoms with Gasteiger partial charge in [-0.25, -0.2) is 10.9 Å². The van der Waals surface area contributed by atoms with Crippen LogP contribution in [0, 0.1) is 0 Å². The number of fused-ring (bicyclic) bond motifs is 1. The Bertz CT molecular complexity index is 781. The lowest BCUT2D eigenvalue weighted by Gasteiger charge is -2.22. The third kappa shape index (κ3) is 3.52. The predicted octanol–water partition coefficient (Wildman–Crippen LogP) is 2.24. The lowest BCUT2D eigenvalue weighted by Crippen LogP contribution is -2.43. The van der Waals surface area contributed by atoms with Gasteiger partial charge in [0.05, 0.1) is 6.04 Å². The molecule has 0 saturated carbocycles. The number of carbonyl (C=O) groups excluding carboxylic acids is 1.